The molecule has 0 saturated carbocycles. The molecule has 3 heterocycles. The van der Waals surface area contributed by atoms with Crippen molar-refractivity contribution in [2.24, 2.45) is 0 Å². The highest BCUT2D eigenvalue weighted by Crippen LogP contribution is 2.35. The molecule has 0 radical (unpaired) electrons. The van der Waals surface area contributed by atoms with Crippen molar-refractivity contribution in [2.75, 3.05) is 38.2 Å². The van der Waals surface area contributed by atoms with Crippen molar-refractivity contribution in [1.82, 2.24) is 14.5 Å². The maximum atomic E-state index is 13.9. The Balaban J connectivity index is 1.25. The van der Waals surface area contributed by atoms with E-state index in [1.54, 1.807) is 30.3 Å². The van der Waals surface area contributed by atoms with Crippen LogP contribution in [0.2, 0.25) is 0 Å². The van der Waals surface area contributed by atoms with Crippen molar-refractivity contribution in [3.8, 4) is 5.75 Å². The van der Waals surface area contributed by atoms with Crippen LogP contribution in [0, 0.1) is 5.82 Å². The largest absolute Gasteiger partial charge is 0.496 e. The Labute approximate surface area is 206 Å². The maximum Gasteiger partial charge on any atom is 0.416 e. The molecular weight excluding hydrogens is 476 g/mol. The number of carbonyl (C=O) groups excluding carboxylic acids is 1. The molecule has 1 fully saturated rings. The third-order valence-corrected chi connectivity index (χ3v) is 6.95. The van der Waals surface area contributed by atoms with Gasteiger partial charge in [0.25, 0.3) is 5.91 Å². The number of methoxy groups -OCH3 is 1. The zero-order valence-corrected chi connectivity index (χ0v) is 19.8. The summed E-state index contributed by atoms with van der Waals surface area (Å²) < 4.78 is 60.4. The van der Waals surface area contributed by atoms with Crippen molar-refractivity contribution >= 4 is 11.6 Å². The molecule has 0 aliphatic carbocycles. The average molecular weight is 503 g/mol. The molecule has 1 saturated heterocycles. The van der Waals surface area contributed by atoms with Crippen molar-refractivity contribution < 1.29 is 27.1 Å². The van der Waals surface area contributed by atoms with Gasteiger partial charge in [-0.2, -0.15) is 13.2 Å². The topological polar surface area (TPSA) is 50.6 Å². The standard InChI is InChI=1S/C26H26F4N4O2/c1-36-23-7-6-19(27)14-21(23)17-5-8-24-31-22(16-34(24)15-17)25(35)33-11-9-32(10-12-33)20-4-2-3-18(13-20)26(28,29)30/h2-4,6-7,13-14,16-17H,5,8-12,15H2,1H3. The van der Waals surface area contributed by atoms with Crippen LogP contribution in [0.4, 0.5) is 23.2 Å². The van der Waals surface area contributed by atoms with Gasteiger partial charge in [-0.3, -0.25) is 4.79 Å². The molecule has 0 bridgehead atoms. The summed E-state index contributed by atoms with van der Waals surface area (Å²) in [7, 11) is 1.56. The molecule has 2 aliphatic rings. The van der Waals surface area contributed by atoms with Gasteiger partial charge in [-0.25, -0.2) is 9.37 Å². The molecule has 3 aromatic rings. The minimum atomic E-state index is -4.40. The van der Waals surface area contributed by atoms with E-state index in [-0.39, 0.29) is 17.6 Å². The number of amides is 1. The van der Waals surface area contributed by atoms with Gasteiger partial charge in [0.2, 0.25) is 0 Å². The van der Waals surface area contributed by atoms with Gasteiger partial charge in [0.05, 0.1) is 12.7 Å². The zero-order chi connectivity index (χ0) is 25.4. The Kier molecular flexibility index (Phi) is 6.36. The van der Waals surface area contributed by atoms with Crippen LogP contribution in [-0.2, 0) is 19.1 Å². The van der Waals surface area contributed by atoms with Crippen LogP contribution in [-0.4, -0.2) is 53.6 Å². The molecule has 5 rings (SSSR count). The molecule has 1 unspecified atom stereocenters. The SMILES string of the molecule is COc1ccc(F)cc1C1CCc2nc(C(=O)N3CCN(c4cccc(C(F)(F)F)c4)CC3)cn2C1. The predicted octanol–water partition coefficient (Wildman–Crippen LogP) is 4.74. The average Bonchev–Trinajstić information content (AvgIpc) is 3.31. The first-order valence-corrected chi connectivity index (χ1v) is 11.8. The number of rotatable bonds is 4. The third-order valence-electron chi connectivity index (χ3n) is 6.95. The van der Waals surface area contributed by atoms with Crippen molar-refractivity contribution in [3.05, 3.63) is 77.1 Å². The fraction of sp³-hybridized carbons (Fsp3) is 0.385. The van der Waals surface area contributed by atoms with E-state index in [0.29, 0.717) is 56.3 Å². The number of imidazole rings is 1. The van der Waals surface area contributed by atoms with Crippen LogP contribution < -0.4 is 9.64 Å². The first-order chi connectivity index (χ1) is 17.2. The van der Waals surface area contributed by atoms with Gasteiger partial charge in [0.15, 0.2) is 0 Å². The summed E-state index contributed by atoms with van der Waals surface area (Å²) in [4.78, 5) is 21.3. The molecule has 10 heteroatoms. The maximum absolute atomic E-state index is 13.9. The Morgan fingerprint density at radius 3 is 2.58 bits per heavy atom. The summed E-state index contributed by atoms with van der Waals surface area (Å²) in [6.45, 7) is 2.21. The van der Waals surface area contributed by atoms with Crippen LogP contribution in [0.25, 0.3) is 0 Å². The van der Waals surface area contributed by atoms with Gasteiger partial charge < -0.3 is 19.1 Å². The number of piperazine rings is 1. The smallest absolute Gasteiger partial charge is 0.416 e. The summed E-state index contributed by atoms with van der Waals surface area (Å²) in [5.41, 5.74) is 0.962. The van der Waals surface area contributed by atoms with E-state index >= 15 is 0 Å². The number of aromatic nitrogens is 2. The summed E-state index contributed by atoms with van der Waals surface area (Å²) in [6, 6.07) is 9.75. The Morgan fingerprint density at radius 1 is 1.08 bits per heavy atom. The van der Waals surface area contributed by atoms with Gasteiger partial charge in [0.1, 0.15) is 23.1 Å². The monoisotopic (exact) mass is 502 g/mol. The van der Waals surface area contributed by atoms with E-state index < -0.39 is 11.7 Å². The summed E-state index contributed by atoms with van der Waals surface area (Å²) in [6.07, 6.45) is -1.23. The van der Waals surface area contributed by atoms with Gasteiger partial charge in [-0.05, 0) is 42.8 Å². The molecule has 0 N–H and O–H groups in total. The summed E-state index contributed by atoms with van der Waals surface area (Å²) in [5.74, 6) is 0.978. The number of carbonyl (C=O) groups is 1. The molecule has 6 nitrogen and oxygen atoms in total. The lowest BCUT2D eigenvalue weighted by Gasteiger charge is -2.36. The molecule has 2 aliphatic heterocycles. The second-order valence-corrected chi connectivity index (χ2v) is 9.14. The number of anilines is 1. The number of alkyl halides is 3. The highest BCUT2D eigenvalue weighted by molar-refractivity contribution is 5.92. The minimum absolute atomic E-state index is 0.0382. The molecule has 1 aromatic heterocycles. The van der Waals surface area contributed by atoms with Crippen LogP contribution in [0.15, 0.2) is 48.7 Å². The second-order valence-electron chi connectivity index (χ2n) is 9.14. The number of hydrogen-bond donors (Lipinski definition) is 0. The van der Waals surface area contributed by atoms with E-state index in [1.165, 1.54) is 18.2 Å². The van der Waals surface area contributed by atoms with Gasteiger partial charge in [0, 0.05) is 62.5 Å². The lowest BCUT2D eigenvalue weighted by molar-refractivity contribution is -0.137. The summed E-state index contributed by atoms with van der Waals surface area (Å²) >= 11 is 0. The molecule has 190 valence electrons. The highest BCUT2D eigenvalue weighted by Gasteiger charge is 2.32. The van der Waals surface area contributed by atoms with Crippen LogP contribution in [0.5, 0.6) is 5.75 Å². The summed E-state index contributed by atoms with van der Waals surface area (Å²) in [5, 5.41) is 0. The van der Waals surface area contributed by atoms with Gasteiger partial charge in [-0.1, -0.05) is 6.07 Å². The van der Waals surface area contributed by atoms with Crippen molar-refractivity contribution in [2.45, 2.75) is 31.5 Å². The quantitative estimate of drug-likeness (QED) is 0.484. The van der Waals surface area contributed by atoms with Crippen LogP contribution in [0.1, 0.15) is 39.8 Å². The van der Waals surface area contributed by atoms with Crippen molar-refractivity contribution in [1.29, 1.82) is 0 Å². The van der Waals surface area contributed by atoms with Crippen LogP contribution in [0.3, 0.4) is 0 Å². The number of ether oxygens (including phenoxy) is 1. The van der Waals surface area contributed by atoms with E-state index in [2.05, 4.69) is 4.98 Å². The van der Waals surface area contributed by atoms with Gasteiger partial charge in [-0.15, -0.1) is 0 Å². The normalized spacial score (nSPS) is 18.2. The molecule has 1 atom stereocenters. The van der Waals surface area contributed by atoms with E-state index in [9.17, 15) is 22.4 Å². The van der Waals surface area contributed by atoms with E-state index in [4.69, 9.17) is 4.74 Å². The molecule has 1 amide bonds. The minimum Gasteiger partial charge on any atom is -0.496 e. The fourth-order valence-electron chi connectivity index (χ4n) is 5.03. The third kappa shape index (κ3) is 4.76. The van der Waals surface area contributed by atoms with E-state index in [1.807, 2.05) is 9.47 Å². The van der Waals surface area contributed by atoms with E-state index in [0.717, 1.165) is 29.9 Å². The first-order valence-electron chi connectivity index (χ1n) is 11.8. The number of benzene rings is 2. The molecule has 36 heavy (non-hydrogen) atoms. The fourth-order valence-corrected chi connectivity index (χ4v) is 5.03. The molecule has 2 aromatic carbocycles. The number of hydrogen-bond acceptors (Lipinski definition) is 4. The lowest BCUT2D eigenvalue weighted by Crippen LogP contribution is -2.49. The predicted molar refractivity (Wildman–Crippen MR) is 126 cm³/mol. The first kappa shape index (κ1) is 24.1. The highest BCUT2D eigenvalue weighted by atomic mass is 19.4. The van der Waals surface area contributed by atoms with Crippen molar-refractivity contribution in [3.63, 3.8) is 0 Å². The lowest BCUT2D eigenvalue weighted by atomic mass is 9.91. The molecule has 0 spiro atoms. The number of halogens is 4. The Bertz CT molecular complexity index is 1270. The molecular formula is C26H26F4N4O2. The second kappa shape index (κ2) is 9.48. The van der Waals surface area contributed by atoms with Gasteiger partial charge >= 0.3 is 6.18 Å². The Hall–Kier alpha value is -3.56. The Morgan fingerprint density at radius 2 is 1.86 bits per heavy atom. The van der Waals surface area contributed by atoms with Crippen LogP contribution >= 0.6 is 0 Å². The number of fused-ring (bicyclic) bond motifs is 1. The number of nitrogens with zero attached hydrogens (tertiary/aromatic N) is 4. The zero-order valence-electron chi connectivity index (χ0n) is 19.8. The number of aryl methyl sites for hydroxylation is 1.